The summed E-state index contributed by atoms with van der Waals surface area (Å²) in [5, 5.41) is 19.1. The molecule has 2 aromatic rings. The lowest BCUT2D eigenvalue weighted by atomic mass is 9.95. The maximum atomic E-state index is 12.8. The molecule has 9 heteroatoms. The number of anilines is 1. The second-order valence-electron chi connectivity index (χ2n) is 6.69. The number of nitrogens with zero attached hydrogens (tertiary/aromatic N) is 1. The minimum atomic E-state index is -1.13. The monoisotopic (exact) mass is 425 g/mol. The number of aliphatic hydroxyl groups excluding tert-OH is 1. The van der Waals surface area contributed by atoms with Crippen LogP contribution in [-0.4, -0.2) is 47.6 Å². The summed E-state index contributed by atoms with van der Waals surface area (Å²) in [4.78, 5) is 48.6. The zero-order chi connectivity index (χ0) is 22.7. The quantitative estimate of drug-likeness (QED) is 0.647. The second kappa shape index (κ2) is 8.70. The van der Waals surface area contributed by atoms with Crippen molar-refractivity contribution in [3.63, 3.8) is 0 Å². The molecule has 31 heavy (non-hydrogen) atoms. The minimum Gasteiger partial charge on any atom is -0.503 e. The average molecular weight is 425 g/mol. The van der Waals surface area contributed by atoms with Crippen molar-refractivity contribution in [1.29, 1.82) is 0 Å². The zero-order valence-electron chi connectivity index (χ0n) is 16.7. The average Bonchev–Trinajstić information content (AvgIpc) is 3.03. The predicted molar refractivity (Wildman–Crippen MR) is 108 cm³/mol. The van der Waals surface area contributed by atoms with Crippen molar-refractivity contribution < 1.29 is 38.9 Å². The van der Waals surface area contributed by atoms with E-state index >= 15 is 0 Å². The number of hydrogen-bond acceptors (Lipinski definition) is 7. The molecule has 0 spiro atoms. The van der Waals surface area contributed by atoms with Crippen molar-refractivity contribution in [2.45, 2.75) is 13.0 Å². The molecule has 0 saturated carbocycles. The first-order chi connectivity index (χ1) is 14.7. The molecule has 1 aliphatic rings. The molecule has 1 unspecified atom stereocenters. The molecule has 2 N–H and O–H groups in total. The number of ether oxygens (including phenoxy) is 2. The Bertz CT molecular complexity index is 1070. The van der Waals surface area contributed by atoms with Crippen LogP contribution in [0.15, 0.2) is 59.9 Å². The molecule has 0 fully saturated rings. The Labute approximate surface area is 177 Å². The summed E-state index contributed by atoms with van der Waals surface area (Å²) in [6.07, 6.45) is 0. The van der Waals surface area contributed by atoms with Crippen LogP contribution < -0.4 is 9.64 Å². The summed E-state index contributed by atoms with van der Waals surface area (Å²) in [5.41, 5.74) is 1.08. The number of ketones is 1. The number of carbonyl (C=O) groups excluding carboxylic acids is 3. The van der Waals surface area contributed by atoms with E-state index in [4.69, 9.17) is 9.84 Å². The number of carbonyl (C=O) groups is 4. The van der Waals surface area contributed by atoms with Gasteiger partial charge >= 0.3 is 11.9 Å². The van der Waals surface area contributed by atoms with Gasteiger partial charge in [0.05, 0.1) is 24.3 Å². The van der Waals surface area contributed by atoms with Crippen molar-refractivity contribution in [1.82, 2.24) is 0 Å². The molecular formula is C22H19NO8. The molecule has 1 atom stereocenters. The van der Waals surface area contributed by atoms with E-state index in [9.17, 15) is 24.3 Å². The van der Waals surface area contributed by atoms with Crippen LogP contribution in [0.1, 0.15) is 28.9 Å². The molecule has 0 aliphatic carbocycles. The van der Waals surface area contributed by atoms with Gasteiger partial charge in [0.2, 0.25) is 0 Å². The summed E-state index contributed by atoms with van der Waals surface area (Å²) in [7, 11) is 1.26. The summed E-state index contributed by atoms with van der Waals surface area (Å²) >= 11 is 0. The van der Waals surface area contributed by atoms with E-state index in [1.807, 2.05) is 0 Å². The molecule has 0 saturated heterocycles. The highest BCUT2D eigenvalue weighted by Crippen LogP contribution is 2.41. The van der Waals surface area contributed by atoms with Crippen molar-refractivity contribution in [2.24, 2.45) is 0 Å². The minimum absolute atomic E-state index is 0.0676. The highest BCUT2D eigenvalue weighted by molar-refractivity contribution is 6.16. The third-order valence-electron chi connectivity index (χ3n) is 4.71. The van der Waals surface area contributed by atoms with Crippen LogP contribution in [0.4, 0.5) is 5.69 Å². The normalized spacial score (nSPS) is 15.7. The van der Waals surface area contributed by atoms with Crippen LogP contribution in [0, 0.1) is 0 Å². The number of esters is 1. The molecule has 1 amide bonds. The van der Waals surface area contributed by atoms with E-state index in [1.165, 1.54) is 55.3 Å². The Balaban J connectivity index is 2.00. The van der Waals surface area contributed by atoms with Crippen LogP contribution in [0.5, 0.6) is 5.75 Å². The van der Waals surface area contributed by atoms with Crippen LogP contribution >= 0.6 is 0 Å². The van der Waals surface area contributed by atoms with Crippen LogP contribution in [0.3, 0.4) is 0 Å². The zero-order valence-corrected chi connectivity index (χ0v) is 16.7. The lowest BCUT2D eigenvalue weighted by Crippen LogP contribution is -2.30. The first-order valence-electron chi connectivity index (χ1n) is 9.15. The molecule has 0 bridgehead atoms. The Kier molecular flexibility index (Phi) is 6.05. The van der Waals surface area contributed by atoms with Crippen LogP contribution in [0.2, 0.25) is 0 Å². The van der Waals surface area contributed by atoms with E-state index in [0.717, 1.165) is 0 Å². The molecule has 2 aromatic carbocycles. The SMILES string of the molecule is COC(=O)c1ccc(C2C(C(C)=O)=C(O)C(=O)N2c2ccc(OCC(=O)O)cc2)cc1. The van der Waals surface area contributed by atoms with Gasteiger partial charge in [-0.1, -0.05) is 12.1 Å². The number of carboxylic acids is 1. The molecule has 0 aromatic heterocycles. The van der Waals surface area contributed by atoms with Gasteiger partial charge < -0.3 is 19.7 Å². The smallest absolute Gasteiger partial charge is 0.341 e. The predicted octanol–water partition coefficient (Wildman–Crippen LogP) is 2.43. The lowest BCUT2D eigenvalue weighted by Gasteiger charge is -2.27. The molecule has 1 aliphatic heterocycles. The van der Waals surface area contributed by atoms with Crippen molar-refractivity contribution in [3.8, 4) is 5.75 Å². The summed E-state index contributed by atoms with van der Waals surface area (Å²) in [6.45, 7) is 0.731. The van der Waals surface area contributed by atoms with E-state index in [2.05, 4.69) is 4.74 Å². The van der Waals surface area contributed by atoms with Gasteiger partial charge in [0, 0.05) is 5.69 Å². The number of Topliss-reactive ketones (excluding diaryl/α,β-unsaturated/α-hetero) is 1. The van der Waals surface area contributed by atoms with Gasteiger partial charge in [-0.05, 0) is 48.9 Å². The molecule has 3 rings (SSSR count). The molecule has 0 radical (unpaired) electrons. The first-order valence-corrected chi connectivity index (χ1v) is 9.15. The number of amides is 1. The van der Waals surface area contributed by atoms with Gasteiger partial charge in [-0.15, -0.1) is 0 Å². The van der Waals surface area contributed by atoms with Gasteiger partial charge in [0.1, 0.15) is 5.75 Å². The fraction of sp³-hybridized carbons (Fsp3) is 0.182. The largest absolute Gasteiger partial charge is 0.503 e. The third-order valence-corrected chi connectivity index (χ3v) is 4.71. The molecule has 1 heterocycles. The Morgan fingerprint density at radius 1 is 1.03 bits per heavy atom. The van der Waals surface area contributed by atoms with Gasteiger partial charge in [0.15, 0.2) is 18.1 Å². The lowest BCUT2D eigenvalue weighted by molar-refractivity contribution is -0.139. The number of aliphatic carboxylic acids is 1. The Hall–Kier alpha value is -4.14. The number of benzene rings is 2. The first kappa shape index (κ1) is 21.6. The second-order valence-corrected chi connectivity index (χ2v) is 6.69. The summed E-state index contributed by atoms with van der Waals surface area (Å²) in [5.74, 6) is -3.27. The fourth-order valence-corrected chi connectivity index (χ4v) is 3.31. The molecule has 9 nitrogen and oxygen atoms in total. The van der Waals surface area contributed by atoms with E-state index < -0.39 is 42.0 Å². The summed E-state index contributed by atoms with van der Waals surface area (Å²) < 4.78 is 9.77. The van der Waals surface area contributed by atoms with Crippen molar-refractivity contribution >= 4 is 29.3 Å². The van der Waals surface area contributed by atoms with Crippen molar-refractivity contribution in [2.75, 3.05) is 18.6 Å². The Morgan fingerprint density at radius 3 is 2.16 bits per heavy atom. The highest BCUT2D eigenvalue weighted by Gasteiger charge is 2.43. The number of hydrogen-bond donors (Lipinski definition) is 2. The number of rotatable bonds is 7. The maximum Gasteiger partial charge on any atom is 0.341 e. The van der Waals surface area contributed by atoms with Gasteiger partial charge in [-0.25, -0.2) is 9.59 Å². The van der Waals surface area contributed by atoms with Crippen molar-refractivity contribution in [3.05, 3.63) is 71.0 Å². The fourth-order valence-electron chi connectivity index (χ4n) is 3.31. The highest BCUT2D eigenvalue weighted by atomic mass is 16.5. The topological polar surface area (TPSA) is 130 Å². The number of aliphatic hydroxyl groups is 1. The van der Waals surface area contributed by atoms with Gasteiger partial charge in [-0.3, -0.25) is 14.5 Å². The van der Waals surface area contributed by atoms with Crippen LogP contribution in [0.25, 0.3) is 0 Å². The number of carboxylic acid groups (broad SMARTS) is 1. The van der Waals surface area contributed by atoms with Crippen LogP contribution in [-0.2, 0) is 19.1 Å². The van der Waals surface area contributed by atoms with E-state index in [1.54, 1.807) is 12.1 Å². The van der Waals surface area contributed by atoms with E-state index in [0.29, 0.717) is 16.8 Å². The van der Waals surface area contributed by atoms with Gasteiger partial charge in [0.25, 0.3) is 5.91 Å². The maximum absolute atomic E-state index is 12.8. The van der Waals surface area contributed by atoms with Gasteiger partial charge in [-0.2, -0.15) is 0 Å². The Morgan fingerprint density at radius 2 is 1.65 bits per heavy atom. The third kappa shape index (κ3) is 4.25. The number of methoxy groups -OCH3 is 1. The van der Waals surface area contributed by atoms with E-state index in [-0.39, 0.29) is 11.3 Å². The molecular weight excluding hydrogens is 406 g/mol. The summed E-state index contributed by atoms with van der Waals surface area (Å²) in [6, 6.07) is 11.2. The standard InChI is InChI=1S/C22H19NO8/c1-12(24)18-19(13-3-5-14(6-4-13)22(29)30-2)23(21(28)20(18)27)15-7-9-16(10-8-15)31-11-17(25)26/h3-10,19,27H,11H2,1-2H3,(H,25,26). The molecule has 160 valence electrons.